The van der Waals surface area contributed by atoms with Crippen molar-refractivity contribution < 1.29 is 18.0 Å². The number of hydrogen-bond donors (Lipinski definition) is 1. The molecule has 0 aliphatic carbocycles. The van der Waals surface area contributed by atoms with Crippen LogP contribution in [0.2, 0.25) is 0 Å². The van der Waals surface area contributed by atoms with Crippen molar-refractivity contribution in [2.75, 3.05) is 26.2 Å². The van der Waals surface area contributed by atoms with Gasteiger partial charge in [-0.05, 0) is 35.4 Å². The van der Waals surface area contributed by atoms with Crippen molar-refractivity contribution in [3.05, 3.63) is 70.8 Å². The summed E-state index contributed by atoms with van der Waals surface area (Å²) >= 11 is 0. The summed E-state index contributed by atoms with van der Waals surface area (Å²) in [5.41, 5.74) is 7.13. The first-order chi connectivity index (χ1) is 12.8. The van der Waals surface area contributed by atoms with Crippen LogP contribution in [0.1, 0.15) is 27.0 Å². The summed E-state index contributed by atoms with van der Waals surface area (Å²) in [5.74, 6) is -0.432. The van der Waals surface area contributed by atoms with E-state index < -0.39 is 17.6 Å². The van der Waals surface area contributed by atoms with Crippen LogP contribution in [-0.4, -0.2) is 41.9 Å². The number of halogens is 3. The second kappa shape index (κ2) is 8.10. The Labute approximate surface area is 156 Å². The predicted octanol–water partition coefficient (Wildman–Crippen LogP) is 3.12. The summed E-state index contributed by atoms with van der Waals surface area (Å²) < 4.78 is 37.9. The Kier molecular flexibility index (Phi) is 5.82. The molecule has 1 saturated heterocycles. The molecule has 1 heterocycles. The second-order valence-corrected chi connectivity index (χ2v) is 6.81. The Morgan fingerprint density at radius 3 is 1.96 bits per heavy atom. The number of hydrogen-bond acceptors (Lipinski definition) is 3. The number of primary amides is 1. The van der Waals surface area contributed by atoms with E-state index in [0.29, 0.717) is 12.1 Å². The molecule has 3 rings (SSSR count). The smallest absolute Gasteiger partial charge is 0.366 e. The normalized spacial score (nSPS) is 16.4. The molecule has 0 unspecified atom stereocenters. The van der Waals surface area contributed by atoms with Crippen LogP contribution < -0.4 is 5.73 Å². The first kappa shape index (κ1) is 19.4. The molecule has 0 atom stereocenters. The van der Waals surface area contributed by atoms with Gasteiger partial charge in [0, 0.05) is 44.8 Å². The molecular formula is C20H22F3N3O. The number of rotatable bonds is 5. The van der Waals surface area contributed by atoms with Crippen LogP contribution in [-0.2, 0) is 19.3 Å². The van der Waals surface area contributed by atoms with E-state index >= 15 is 0 Å². The van der Waals surface area contributed by atoms with Gasteiger partial charge in [-0.25, -0.2) is 0 Å². The van der Waals surface area contributed by atoms with Crippen LogP contribution in [0, 0.1) is 0 Å². The molecule has 0 saturated carbocycles. The van der Waals surface area contributed by atoms with Crippen LogP contribution in [0.4, 0.5) is 13.2 Å². The SMILES string of the molecule is NC(=O)c1cccc(CN2CCN(Cc3ccc(C(F)(F)F)cc3)CC2)c1. The van der Waals surface area contributed by atoms with Crippen molar-refractivity contribution in [3.63, 3.8) is 0 Å². The van der Waals surface area contributed by atoms with E-state index in [1.807, 2.05) is 18.2 Å². The van der Waals surface area contributed by atoms with Gasteiger partial charge in [0.1, 0.15) is 0 Å². The Balaban J connectivity index is 1.50. The summed E-state index contributed by atoms with van der Waals surface area (Å²) in [7, 11) is 0. The Bertz CT molecular complexity index is 782. The Morgan fingerprint density at radius 1 is 0.889 bits per heavy atom. The molecular weight excluding hydrogens is 355 g/mol. The van der Waals surface area contributed by atoms with Crippen molar-refractivity contribution in [1.82, 2.24) is 9.80 Å². The maximum atomic E-state index is 12.6. The molecule has 4 nitrogen and oxygen atoms in total. The lowest BCUT2D eigenvalue weighted by Gasteiger charge is -2.34. The summed E-state index contributed by atoms with van der Waals surface area (Å²) in [4.78, 5) is 15.8. The van der Waals surface area contributed by atoms with Gasteiger partial charge in [0.25, 0.3) is 0 Å². The second-order valence-electron chi connectivity index (χ2n) is 6.81. The number of carbonyl (C=O) groups excluding carboxylic acids is 1. The van der Waals surface area contributed by atoms with Crippen LogP contribution in [0.5, 0.6) is 0 Å². The van der Waals surface area contributed by atoms with E-state index in [1.165, 1.54) is 0 Å². The van der Waals surface area contributed by atoms with E-state index in [1.54, 1.807) is 18.2 Å². The van der Waals surface area contributed by atoms with Gasteiger partial charge in [-0.2, -0.15) is 13.2 Å². The molecule has 2 aromatic rings. The van der Waals surface area contributed by atoms with E-state index in [-0.39, 0.29) is 0 Å². The van der Waals surface area contributed by atoms with Crippen molar-refractivity contribution in [1.29, 1.82) is 0 Å². The quantitative estimate of drug-likeness (QED) is 0.871. The number of piperazine rings is 1. The van der Waals surface area contributed by atoms with E-state index in [9.17, 15) is 18.0 Å². The van der Waals surface area contributed by atoms with Gasteiger partial charge in [0.15, 0.2) is 0 Å². The highest BCUT2D eigenvalue weighted by Crippen LogP contribution is 2.29. The number of amides is 1. The third-order valence-corrected chi connectivity index (χ3v) is 4.77. The molecule has 1 fully saturated rings. The van der Waals surface area contributed by atoms with Crippen LogP contribution in [0.3, 0.4) is 0 Å². The molecule has 0 bridgehead atoms. The fourth-order valence-electron chi connectivity index (χ4n) is 3.24. The molecule has 1 amide bonds. The molecule has 0 spiro atoms. The van der Waals surface area contributed by atoms with Gasteiger partial charge in [0.2, 0.25) is 5.91 Å². The van der Waals surface area contributed by atoms with Crippen molar-refractivity contribution in [2.24, 2.45) is 5.73 Å². The third-order valence-electron chi connectivity index (χ3n) is 4.77. The third kappa shape index (κ3) is 5.30. The van der Waals surface area contributed by atoms with Crippen LogP contribution in [0.15, 0.2) is 48.5 Å². The zero-order chi connectivity index (χ0) is 19.4. The van der Waals surface area contributed by atoms with Gasteiger partial charge in [-0.3, -0.25) is 14.6 Å². The van der Waals surface area contributed by atoms with E-state index in [0.717, 1.165) is 56.0 Å². The number of nitrogens with zero attached hydrogens (tertiary/aromatic N) is 2. The lowest BCUT2D eigenvalue weighted by molar-refractivity contribution is -0.137. The van der Waals surface area contributed by atoms with Crippen LogP contribution in [0.25, 0.3) is 0 Å². The van der Waals surface area contributed by atoms with E-state index in [4.69, 9.17) is 5.73 Å². The minimum absolute atomic E-state index is 0.432. The number of carbonyl (C=O) groups is 1. The van der Waals surface area contributed by atoms with E-state index in [2.05, 4.69) is 9.80 Å². The molecule has 144 valence electrons. The van der Waals surface area contributed by atoms with Gasteiger partial charge in [0.05, 0.1) is 5.56 Å². The highest BCUT2D eigenvalue weighted by Gasteiger charge is 2.30. The average molecular weight is 377 g/mol. The summed E-state index contributed by atoms with van der Waals surface area (Å²) in [6.45, 7) is 4.80. The molecule has 7 heteroatoms. The summed E-state index contributed by atoms with van der Waals surface area (Å²) in [6, 6.07) is 12.7. The van der Waals surface area contributed by atoms with Crippen molar-refractivity contribution in [3.8, 4) is 0 Å². The minimum Gasteiger partial charge on any atom is -0.366 e. The van der Waals surface area contributed by atoms with Crippen molar-refractivity contribution >= 4 is 5.91 Å². The molecule has 0 radical (unpaired) electrons. The molecule has 1 aliphatic heterocycles. The Morgan fingerprint density at radius 2 is 1.44 bits per heavy atom. The van der Waals surface area contributed by atoms with Gasteiger partial charge < -0.3 is 5.73 Å². The molecule has 2 aromatic carbocycles. The summed E-state index contributed by atoms with van der Waals surface area (Å²) in [6.07, 6.45) is -4.30. The van der Waals surface area contributed by atoms with Gasteiger partial charge in [-0.15, -0.1) is 0 Å². The highest BCUT2D eigenvalue weighted by atomic mass is 19.4. The monoisotopic (exact) mass is 377 g/mol. The molecule has 27 heavy (non-hydrogen) atoms. The first-order valence-corrected chi connectivity index (χ1v) is 8.81. The zero-order valence-corrected chi connectivity index (χ0v) is 14.9. The maximum absolute atomic E-state index is 12.6. The molecule has 2 N–H and O–H groups in total. The number of benzene rings is 2. The average Bonchev–Trinajstić information content (AvgIpc) is 2.63. The highest BCUT2D eigenvalue weighted by molar-refractivity contribution is 5.92. The molecule has 0 aromatic heterocycles. The number of alkyl halides is 3. The summed E-state index contributed by atoms with van der Waals surface area (Å²) in [5, 5.41) is 0. The lowest BCUT2D eigenvalue weighted by atomic mass is 10.1. The number of nitrogens with two attached hydrogens (primary N) is 1. The maximum Gasteiger partial charge on any atom is 0.416 e. The zero-order valence-electron chi connectivity index (χ0n) is 14.9. The largest absolute Gasteiger partial charge is 0.416 e. The van der Waals surface area contributed by atoms with Gasteiger partial charge in [-0.1, -0.05) is 24.3 Å². The fraction of sp³-hybridized carbons (Fsp3) is 0.350. The minimum atomic E-state index is -4.30. The lowest BCUT2D eigenvalue weighted by Crippen LogP contribution is -2.45. The van der Waals surface area contributed by atoms with Crippen molar-refractivity contribution in [2.45, 2.75) is 19.3 Å². The Hall–Kier alpha value is -2.38. The fourth-order valence-corrected chi connectivity index (χ4v) is 3.24. The molecule has 1 aliphatic rings. The van der Waals surface area contributed by atoms with Gasteiger partial charge >= 0.3 is 6.18 Å². The standard InChI is InChI=1S/C20H22F3N3O/c21-20(22,23)18-6-4-15(5-7-18)13-25-8-10-26(11-9-25)14-16-2-1-3-17(12-16)19(24)27/h1-7,12H,8-11,13-14H2,(H2,24,27). The predicted molar refractivity (Wildman–Crippen MR) is 97.0 cm³/mol. The van der Waals surface area contributed by atoms with Crippen LogP contribution >= 0.6 is 0 Å². The first-order valence-electron chi connectivity index (χ1n) is 8.81. The topological polar surface area (TPSA) is 49.6 Å².